The molecule has 38 heavy (non-hydrogen) atoms. The molecule has 0 amide bonds. The Hall–Kier alpha value is -4.42. The summed E-state index contributed by atoms with van der Waals surface area (Å²) >= 11 is 5.92. The quantitative estimate of drug-likeness (QED) is 0.237. The molecule has 0 unspecified atom stereocenters. The van der Waals surface area contributed by atoms with Crippen molar-refractivity contribution in [2.45, 2.75) is 25.9 Å². The lowest BCUT2D eigenvalue weighted by Gasteiger charge is -2.29. The van der Waals surface area contributed by atoms with Crippen molar-refractivity contribution >= 4 is 23.0 Å². The van der Waals surface area contributed by atoms with Gasteiger partial charge in [-0.25, -0.2) is 0 Å². The molecule has 5 aromatic rings. The van der Waals surface area contributed by atoms with E-state index >= 15 is 0 Å². The molecule has 1 aliphatic heterocycles. The van der Waals surface area contributed by atoms with Crippen LogP contribution in [0.25, 0.3) is 5.69 Å². The number of aryl methyl sites for hydroxylation is 2. The fourth-order valence-corrected chi connectivity index (χ4v) is 5.27. The number of anilines is 1. The summed E-state index contributed by atoms with van der Waals surface area (Å²) in [4.78, 5) is 6.87. The standard InChI is InChI=1S/C32H28N4OS/c1-22-8-12-24(13-9-22)35-21-5-7-29(35)31-30(28-6-3-4-20-33-28)34-32(38)36(31)25-14-18-27(19-15-25)37-26-16-10-23(2)11-17-26/h3-21,30-31H,1-2H3,(H,34,38)/t30-,31-/m1/s1. The van der Waals surface area contributed by atoms with Crippen LogP contribution in [0, 0.1) is 13.8 Å². The molecular weight excluding hydrogens is 488 g/mol. The number of thiocarbonyl (C=S) groups is 1. The number of aromatic nitrogens is 2. The van der Waals surface area contributed by atoms with Gasteiger partial charge in [-0.1, -0.05) is 41.5 Å². The molecule has 3 heterocycles. The lowest BCUT2D eigenvalue weighted by molar-refractivity contribution is 0.482. The van der Waals surface area contributed by atoms with E-state index < -0.39 is 0 Å². The fraction of sp³-hybridized carbons (Fsp3) is 0.125. The number of hydrogen-bond acceptors (Lipinski definition) is 3. The van der Waals surface area contributed by atoms with E-state index in [0.29, 0.717) is 5.11 Å². The minimum Gasteiger partial charge on any atom is -0.457 e. The largest absolute Gasteiger partial charge is 0.457 e. The number of nitrogens with one attached hydrogen (secondary N) is 1. The molecule has 0 saturated carbocycles. The summed E-state index contributed by atoms with van der Waals surface area (Å²) in [6.45, 7) is 4.17. The zero-order chi connectivity index (χ0) is 26.1. The van der Waals surface area contributed by atoms with Gasteiger partial charge in [0.15, 0.2) is 5.11 Å². The Balaban J connectivity index is 1.38. The molecule has 0 bridgehead atoms. The molecule has 6 heteroatoms. The first-order valence-corrected chi connectivity index (χ1v) is 13.1. The highest BCUT2D eigenvalue weighted by Gasteiger charge is 2.42. The minimum absolute atomic E-state index is 0.113. The SMILES string of the molecule is Cc1ccc(Oc2ccc(N3C(=S)N[C@H](c4ccccn4)[C@H]3c3cccn3-c3ccc(C)cc3)cc2)cc1. The van der Waals surface area contributed by atoms with Crippen LogP contribution in [0.15, 0.2) is 116 Å². The van der Waals surface area contributed by atoms with E-state index in [2.05, 4.69) is 94.4 Å². The van der Waals surface area contributed by atoms with Gasteiger partial charge in [-0.15, -0.1) is 0 Å². The second kappa shape index (κ2) is 10.1. The monoisotopic (exact) mass is 516 g/mol. The van der Waals surface area contributed by atoms with E-state index in [0.717, 1.165) is 34.3 Å². The van der Waals surface area contributed by atoms with Crippen LogP contribution in [-0.2, 0) is 0 Å². The number of benzene rings is 3. The predicted molar refractivity (Wildman–Crippen MR) is 156 cm³/mol. The lowest BCUT2D eigenvalue weighted by Crippen LogP contribution is -2.30. The second-order valence-corrected chi connectivity index (χ2v) is 9.93. The maximum Gasteiger partial charge on any atom is 0.174 e. The first-order valence-electron chi connectivity index (χ1n) is 12.7. The Bertz CT molecular complexity index is 1540. The Morgan fingerprint density at radius 1 is 0.737 bits per heavy atom. The summed E-state index contributed by atoms with van der Waals surface area (Å²) in [6, 6.07) is 34.7. The molecule has 1 aliphatic rings. The van der Waals surface area contributed by atoms with Gasteiger partial charge in [-0.2, -0.15) is 0 Å². The molecule has 1 N–H and O–H groups in total. The molecule has 6 rings (SSSR count). The van der Waals surface area contributed by atoms with Gasteiger partial charge < -0.3 is 19.5 Å². The third-order valence-corrected chi connectivity index (χ3v) is 7.18. The molecule has 0 spiro atoms. The van der Waals surface area contributed by atoms with Crippen LogP contribution in [0.4, 0.5) is 5.69 Å². The minimum atomic E-state index is -0.119. The van der Waals surface area contributed by atoms with Gasteiger partial charge in [-0.3, -0.25) is 4.98 Å². The van der Waals surface area contributed by atoms with Crippen LogP contribution < -0.4 is 15.0 Å². The van der Waals surface area contributed by atoms with Gasteiger partial charge in [0.1, 0.15) is 17.5 Å². The van der Waals surface area contributed by atoms with Crippen molar-refractivity contribution < 1.29 is 4.74 Å². The number of ether oxygens (including phenoxy) is 1. The third kappa shape index (κ3) is 4.66. The van der Waals surface area contributed by atoms with Crippen LogP contribution in [0.2, 0.25) is 0 Å². The predicted octanol–water partition coefficient (Wildman–Crippen LogP) is 7.46. The summed E-state index contributed by atoms with van der Waals surface area (Å²) < 4.78 is 8.31. The summed E-state index contributed by atoms with van der Waals surface area (Å²) in [7, 11) is 0. The summed E-state index contributed by atoms with van der Waals surface area (Å²) in [6.07, 6.45) is 3.93. The van der Waals surface area contributed by atoms with Crippen molar-refractivity contribution in [3.8, 4) is 17.2 Å². The van der Waals surface area contributed by atoms with Crippen LogP contribution >= 0.6 is 12.2 Å². The number of pyridine rings is 1. The topological polar surface area (TPSA) is 42.3 Å². The molecule has 5 nitrogen and oxygen atoms in total. The highest BCUT2D eigenvalue weighted by atomic mass is 32.1. The second-order valence-electron chi connectivity index (χ2n) is 9.54. The van der Waals surface area contributed by atoms with Gasteiger partial charge in [0.2, 0.25) is 0 Å². The highest BCUT2D eigenvalue weighted by Crippen LogP contribution is 2.42. The molecule has 1 saturated heterocycles. The van der Waals surface area contributed by atoms with Crippen molar-refractivity contribution in [2.24, 2.45) is 0 Å². The van der Waals surface area contributed by atoms with Gasteiger partial charge in [0.25, 0.3) is 0 Å². The molecule has 1 fully saturated rings. The van der Waals surface area contributed by atoms with Crippen molar-refractivity contribution in [1.82, 2.24) is 14.9 Å². The van der Waals surface area contributed by atoms with E-state index in [1.807, 2.05) is 54.7 Å². The van der Waals surface area contributed by atoms with Crippen molar-refractivity contribution in [2.75, 3.05) is 4.90 Å². The third-order valence-electron chi connectivity index (χ3n) is 6.87. The van der Waals surface area contributed by atoms with E-state index in [1.54, 1.807) is 0 Å². The number of hydrogen-bond donors (Lipinski definition) is 1. The summed E-state index contributed by atoms with van der Waals surface area (Å²) in [5.41, 5.74) is 6.59. The molecule has 0 aliphatic carbocycles. The van der Waals surface area contributed by atoms with Crippen molar-refractivity contribution in [1.29, 1.82) is 0 Å². The van der Waals surface area contributed by atoms with Crippen LogP contribution in [0.5, 0.6) is 11.5 Å². The maximum absolute atomic E-state index is 6.07. The Kier molecular flexibility index (Phi) is 6.40. The smallest absolute Gasteiger partial charge is 0.174 e. The fourth-order valence-electron chi connectivity index (χ4n) is 4.93. The zero-order valence-corrected chi connectivity index (χ0v) is 22.1. The average Bonchev–Trinajstić information content (AvgIpc) is 3.56. The summed E-state index contributed by atoms with van der Waals surface area (Å²) in [5, 5.41) is 4.22. The molecule has 0 radical (unpaired) electrons. The molecule has 188 valence electrons. The first-order chi connectivity index (χ1) is 18.6. The van der Waals surface area contributed by atoms with Crippen LogP contribution in [0.3, 0.4) is 0 Å². The van der Waals surface area contributed by atoms with Gasteiger partial charge in [-0.05, 0) is 98.9 Å². The molecular formula is C32H28N4OS. The Morgan fingerprint density at radius 3 is 2.03 bits per heavy atom. The molecule has 2 atom stereocenters. The van der Waals surface area contributed by atoms with Crippen molar-refractivity contribution in [3.63, 3.8) is 0 Å². The molecule has 3 aromatic carbocycles. The lowest BCUT2D eigenvalue weighted by atomic mass is 10.0. The van der Waals surface area contributed by atoms with E-state index in [1.165, 1.54) is 11.1 Å². The number of rotatable bonds is 6. The van der Waals surface area contributed by atoms with Gasteiger partial charge >= 0.3 is 0 Å². The highest BCUT2D eigenvalue weighted by molar-refractivity contribution is 7.80. The van der Waals surface area contributed by atoms with Crippen LogP contribution in [-0.4, -0.2) is 14.7 Å². The van der Waals surface area contributed by atoms with Gasteiger partial charge in [0.05, 0.1) is 11.7 Å². The van der Waals surface area contributed by atoms with Gasteiger partial charge in [0, 0.05) is 29.5 Å². The van der Waals surface area contributed by atoms with Crippen molar-refractivity contribution in [3.05, 3.63) is 138 Å². The molecule has 2 aromatic heterocycles. The average molecular weight is 517 g/mol. The Morgan fingerprint density at radius 2 is 1.37 bits per heavy atom. The van der Waals surface area contributed by atoms with E-state index in [9.17, 15) is 0 Å². The number of nitrogens with zero attached hydrogens (tertiary/aromatic N) is 3. The Labute approximate surface area is 228 Å². The van der Waals surface area contributed by atoms with Crippen LogP contribution in [0.1, 0.15) is 34.6 Å². The zero-order valence-electron chi connectivity index (χ0n) is 21.3. The van der Waals surface area contributed by atoms with E-state index in [4.69, 9.17) is 17.0 Å². The normalized spacial score (nSPS) is 16.9. The summed E-state index contributed by atoms with van der Waals surface area (Å²) in [5.74, 6) is 1.59. The maximum atomic E-state index is 6.07. The first kappa shape index (κ1) is 23.9. The van der Waals surface area contributed by atoms with E-state index in [-0.39, 0.29) is 12.1 Å².